The largest absolute Gasteiger partial charge is 0.487 e. The Morgan fingerprint density at radius 2 is 1.95 bits per heavy atom. The average molecular weight is 539 g/mol. The molecule has 14 heteroatoms. The first-order chi connectivity index (χ1) is 17.1. The molecule has 4 atom stereocenters. The van der Waals surface area contributed by atoms with Crippen LogP contribution in [-0.4, -0.2) is 50.9 Å². The Balaban J connectivity index is 1.75. The number of rotatable bonds is 6. The number of hydrogen-bond donors (Lipinski definition) is 2. The fraction of sp³-hybridized carbons (Fsp3) is 0.565. The van der Waals surface area contributed by atoms with E-state index >= 15 is 0 Å². The van der Waals surface area contributed by atoms with Crippen molar-refractivity contribution in [3.8, 4) is 5.75 Å². The summed E-state index contributed by atoms with van der Waals surface area (Å²) in [5.41, 5.74) is -3.33. The maximum atomic E-state index is 14.9. The molecule has 1 aliphatic carbocycles. The molecule has 1 amide bonds. The van der Waals surface area contributed by atoms with Crippen molar-refractivity contribution >= 4 is 11.6 Å². The van der Waals surface area contributed by atoms with Gasteiger partial charge in [-0.2, -0.15) is 31.4 Å². The number of carbonyl (C=O) groups is 1. The maximum absolute atomic E-state index is 14.9. The first-order valence-corrected chi connectivity index (χ1v) is 11.4. The van der Waals surface area contributed by atoms with Crippen molar-refractivity contribution in [2.24, 2.45) is 5.92 Å². The highest BCUT2D eigenvalue weighted by atomic mass is 19.4. The molecule has 1 saturated carbocycles. The van der Waals surface area contributed by atoms with Crippen LogP contribution in [0.4, 0.5) is 36.4 Å². The maximum Gasteiger partial charge on any atom is 0.417 e. The molecule has 37 heavy (non-hydrogen) atoms. The Morgan fingerprint density at radius 3 is 2.49 bits per heavy atom. The summed E-state index contributed by atoms with van der Waals surface area (Å²) >= 11 is 0. The van der Waals surface area contributed by atoms with Crippen LogP contribution in [0, 0.1) is 24.5 Å². The van der Waals surface area contributed by atoms with E-state index < -0.39 is 71.8 Å². The number of aliphatic hydroxyl groups is 1. The monoisotopic (exact) mass is 539 g/mol. The Bertz CT molecular complexity index is 1180. The van der Waals surface area contributed by atoms with Crippen LogP contribution in [0.2, 0.25) is 0 Å². The highest BCUT2D eigenvalue weighted by Crippen LogP contribution is 2.55. The van der Waals surface area contributed by atoms with Gasteiger partial charge in [-0.05, 0) is 19.9 Å². The zero-order chi connectivity index (χ0) is 27.4. The molecule has 204 valence electrons. The molecule has 2 aromatic rings. The standard InChI is InChI=1S/C23H24F7N3O4/c1-9-16(13-4-5-14(24)17(25)18(13)36-12-6-11(34)7-12)19(37-22(9,3)23(28,29)30)20(35)31-15-8-33(21(26)27)32-10(15)2/h4-5,8-9,11-12,16,19,21,34H,6-7H2,1-3H3,(H,31,35)/t9-,11?,12?,16-,19+,22+/m0/s1. The highest BCUT2D eigenvalue weighted by Gasteiger charge is 2.66. The molecule has 1 aromatic heterocycles. The van der Waals surface area contributed by atoms with Gasteiger partial charge in [0.1, 0.15) is 12.2 Å². The third-order valence-corrected chi connectivity index (χ3v) is 7.10. The summed E-state index contributed by atoms with van der Waals surface area (Å²) in [6, 6.07) is 1.73. The number of aromatic nitrogens is 2. The van der Waals surface area contributed by atoms with Gasteiger partial charge in [0.2, 0.25) is 5.82 Å². The van der Waals surface area contributed by atoms with Gasteiger partial charge in [-0.25, -0.2) is 9.07 Å². The van der Waals surface area contributed by atoms with Crippen molar-refractivity contribution in [3.63, 3.8) is 0 Å². The zero-order valence-electron chi connectivity index (χ0n) is 19.8. The summed E-state index contributed by atoms with van der Waals surface area (Å²) < 4.78 is 108. The van der Waals surface area contributed by atoms with Gasteiger partial charge in [0, 0.05) is 30.2 Å². The fourth-order valence-corrected chi connectivity index (χ4v) is 4.66. The van der Waals surface area contributed by atoms with Crippen LogP contribution in [0.25, 0.3) is 0 Å². The molecule has 0 radical (unpaired) electrons. The number of nitrogens with one attached hydrogen (secondary N) is 1. The molecule has 1 saturated heterocycles. The van der Waals surface area contributed by atoms with E-state index in [2.05, 4.69) is 10.4 Å². The Hall–Kier alpha value is -2.87. The molecule has 0 unspecified atom stereocenters. The van der Waals surface area contributed by atoms with Gasteiger partial charge in [0.15, 0.2) is 17.2 Å². The summed E-state index contributed by atoms with van der Waals surface area (Å²) in [7, 11) is 0. The van der Waals surface area contributed by atoms with E-state index in [1.807, 2.05) is 0 Å². The number of carbonyl (C=O) groups excluding carboxylic acids is 1. The van der Waals surface area contributed by atoms with Gasteiger partial charge in [-0.15, -0.1) is 0 Å². The minimum Gasteiger partial charge on any atom is -0.487 e. The molecule has 0 spiro atoms. The van der Waals surface area contributed by atoms with Crippen molar-refractivity contribution in [3.05, 3.63) is 41.2 Å². The number of amides is 1. The number of anilines is 1. The van der Waals surface area contributed by atoms with Gasteiger partial charge in [0.05, 0.1) is 23.7 Å². The lowest BCUT2D eigenvalue weighted by atomic mass is 9.76. The predicted octanol–water partition coefficient (Wildman–Crippen LogP) is 4.85. The fourth-order valence-electron chi connectivity index (χ4n) is 4.66. The van der Waals surface area contributed by atoms with Crippen LogP contribution in [0.15, 0.2) is 18.3 Å². The molecule has 4 rings (SSSR count). The number of benzene rings is 1. The van der Waals surface area contributed by atoms with Gasteiger partial charge in [-0.3, -0.25) is 4.79 Å². The van der Waals surface area contributed by atoms with Crippen molar-refractivity contribution in [1.82, 2.24) is 9.78 Å². The number of hydrogen-bond acceptors (Lipinski definition) is 5. The minimum absolute atomic E-state index is 0.0322. The third kappa shape index (κ3) is 4.76. The van der Waals surface area contributed by atoms with E-state index in [0.29, 0.717) is 6.07 Å². The molecule has 0 bridgehead atoms. The van der Waals surface area contributed by atoms with Crippen molar-refractivity contribution < 1.29 is 50.1 Å². The molecule has 2 aliphatic rings. The normalized spacial score (nSPS) is 29.9. The van der Waals surface area contributed by atoms with Crippen LogP contribution < -0.4 is 10.1 Å². The number of nitrogens with zero attached hydrogens (tertiary/aromatic N) is 2. The van der Waals surface area contributed by atoms with Gasteiger partial charge in [0.25, 0.3) is 5.91 Å². The molecule has 2 N–H and O–H groups in total. The van der Waals surface area contributed by atoms with Crippen LogP contribution in [0.3, 0.4) is 0 Å². The van der Waals surface area contributed by atoms with Crippen LogP contribution >= 0.6 is 0 Å². The molecule has 1 aromatic carbocycles. The summed E-state index contributed by atoms with van der Waals surface area (Å²) in [6.45, 7) is 0.170. The Labute approximate surface area is 206 Å². The first kappa shape index (κ1) is 27.2. The first-order valence-electron chi connectivity index (χ1n) is 11.4. The van der Waals surface area contributed by atoms with Crippen LogP contribution in [-0.2, 0) is 9.53 Å². The topological polar surface area (TPSA) is 85.6 Å². The quantitative estimate of drug-likeness (QED) is 0.513. The molecule has 1 aliphatic heterocycles. The number of aliphatic hydroxyl groups excluding tert-OH is 1. The third-order valence-electron chi connectivity index (χ3n) is 7.10. The smallest absolute Gasteiger partial charge is 0.417 e. The SMILES string of the molecule is Cc1nn(C(F)F)cc1NC(=O)[C@@H]1O[C@@](C)(C(F)(F)F)[C@@H](C)[C@H]1c1ccc(F)c(F)c1OC1CC(O)C1. The van der Waals surface area contributed by atoms with E-state index in [0.717, 1.165) is 26.1 Å². The lowest BCUT2D eigenvalue weighted by Crippen LogP contribution is -2.47. The van der Waals surface area contributed by atoms with Gasteiger partial charge < -0.3 is 19.9 Å². The van der Waals surface area contributed by atoms with E-state index in [1.54, 1.807) is 0 Å². The van der Waals surface area contributed by atoms with Crippen molar-refractivity contribution in [2.45, 2.75) is 76.2 Å². The summed E-state index contributed by atoms with van der Waals surface area (Å²) in [6.07, 6.45) is -7.28. The molecule has 7 nitrogen and oxygen atoms in total. The lowest BCUT2D eigenvalue weighted by molar-refractivity contribution is -0.272. The molecular weight excluding hydrogens is 515 g/mol. The van der Waals surface area contributed by atoms with Gasteiger partial charge in [-0.1, -0.05) is 13.0 Å². The second-order valence-electron chi connectivity index (χ2n) is 9.48. The average Bonchev–Trinajstić information content (AvgIpc) is 3.28. The predicted molar refractivity (Wildman–Crippen MR) is 114 cm³/mol. The zero-order valence-corrected chi connectivity index (χ0v) is 19.8. The number of aryl methyl sites for hydroxylation is 1. The second-order valence-corrected chi connectivity index (χ2v) is 9.48. The summed E-state index contributed by atoms with van der Waals surface area (Å²) in [4.78, 5) is 13.2. The van der Waals surface area contributed by atoms with E-state index in [9.17, 15) is 40.6 Å². The Kier molecular flexibility index (Phi) is 6.95. The van der Waals surface area contributed by atoms with E-state index in [1.165, 1.54) is 6.92 Å². The number of alkyl halides is 5. The Morgan fingerprint density at radius 1 is 1.30 bits per heavy atom. The minimum atomic E-state index is -4.96. The van der Waals surface area contributed by atoms with E-state index in [4.69, 9.17) is 9.47 Å². The van der Waals surface area contributed by atoms with E-state index in [-0.39, 0.29) is 34.5 Å². The molecule has 2 heterocycles. The van der Waals surface area contributed by atoms with Crippen LogP contribution in [0.5, 0.6) is 5.75 Å². The summed E-state index contributed by atoms with van der Waals surface area (Å²) in [5.74, 6) is -7.56. The van der Waals surface area contributed by atoms with Crippen LogP contribution in [0.1, 0.15) is 50.4 Å². The van der Waals surface area contributed by atoms with Gasteiger partial charge >= 0.3 is 12.7 Å². The number of ether oxygens (including phenoxy) is 2. The second kappa shape index (κ2) is 9.46. The highest BCUT2D eigenvalue weighted by molar-refractivity contribution is 5.95. The molecular formula is C23H24F7N3O4. The van der Waals surface area contributed by atoms with Crippen molar-refractivity contribution in [2.75, 3.05) is 5.32 Å². The lowest BCUT2D eigenvalue weighted by Gasteiger charge is -2.34. The van der Waals surface area contributed by atoms with Crippen molar-refractivity contribution in [1.29, 1.82) is 0 Å². The summed E-state index contributed by atoms with van der Waals surface area (Å²) in [5, 5.41) is 15.3. The number of halogens is 7. The molecule has 2 fully saturated rings.